The van der Waals surface area contributed by atoms with Crippen molar-refractivity contribution >= 4 is 28.7 Å². The van der Waals surface area contributed by atoms with Crippen LogP contribution in [0.25, 0.3) is 10.9 Å². The van der Waals surface area contributed by atoms with Crippen LogP contribution in [0.1, 0.15) is 23.6 Å². The minimum atomic E-state index is -1.11. The van der Waals surface area contributed by atoms with E-state index < -0.39 is 6.09 Å². The molecular weight excluding hydrogens is 356 g/mol. The van der Waals surface area contributed by atoms with Crippen LogP contribution >= 0.6 is 0 Å². The Hall–Kier alpha value is -3.48. The second-order valence-corrected chi connectivity index (χ2v) is 6.49. The Morgan fingerprint density at radius 2 is 1.79 bits per heavy atom. The Kier molecular flexibility index (Phi) is 6.16. The van der Waals surface area contributed by atoms with Crippen molar-refractivity contribution in [3.8, 4) is 0 Å². The van der Waals surface area contributed by atoms with Crippen molar-refractivity contribution in [3.63, 3.8) is 0 Å². The van der Waals surface area contributed by atoms with Crippen LogP contribution in [-0.2, 0) is 12.8 Å². The van der Waals surface area contributed by atoms with Crippen LogP contribution in [0.2, 0.25) is 0 Å². The van der Waals surface area contributed by atoms with Gasteiger partial charge in [0.2, 0.25) is 0 Å². The molecule has 0 bridgehead atoms. The molecule has 2 aromatic carbocycles. The van der Waals surface area contributed by atoms with Gasteiger partial charge in [-0.2, -0.15) is 0 Å². The summed E-state index contributed by atoms with van der Waals surface area (Å²) in [7, 11) is 0. The Balaban J connectivity index is 1.65. The number of H-pyrrole nitrogens is 1. The third kappa shape index (κ3) is 4.82. The van der Waals surface area contributed by atoms with E-state index in [-0.39, 0.29) is 19.1 Å². The number of carbonyl (C=O) groups excluding carboxylic acids is 1. The van der Waals surface area contributed by atoms with E-state index in [0.717, 1.165) is 18.4 Å². The molecule has 1 heterocycles. The van der Waals surface area contributed by atoms with Crippen LogP contribution < -0.4 is 16.0 Å². The molecule has 5 N–H and O–H groups in total. The fourth-order valence-electron chi connectivity index (χ4n) is 3.21. The first-order chi connectivity index (χ1) is 13.6. The van der Waals surface area contributed by atoms with Gasteiger partial charge in [0.25, 0.3) is 0 Å². The van der Waals surface area contributed by atoms with Crippen molar-refractivity contribution in [2.45, 2.75) is 19.8 Å². The summed E-state index contributed by atoms with van der Waals surface area (Å²) in [5.41, 5.74) is 5.49. The third-order valence-corrected chi connectivity index (χ3v) is 4.59. The molecular formula is C21H24N4O3. The molecule has 0 aliphatic heterocycles. The molecule has 146 valence electrons. The first-order valence-electron chi connectivity index (χ1n) is 9.25. The molecule has 0 spiro atoms. The summed E-state index contributed by atoms with van der Waals surface area (Å²) in [6.45, 7) is 2.47. The van der Waals surface area contributed by atoms with Gasteiger partial charge in [0, 0.05) is 35.9 Å². The Morgan fingerprint density at radius 1 is 1.00 bits per heavy atom. The number of para-hydroxylation sites is 1. The normalized spacial score (nSPS) is 10.6. The summed E-state index contributed by atoms with van der Waals surface area (Å²) in [5, 5.41) is 17.3. The number of rotatable bonds is 7. The molecule has 0 atom stereocenters. The van der Waals surface area contributed by atoms with Gasteiger partial charge in [0.05, 0.1) is 0 Å². The quantitative estimate of drug-likeness (QED) is 0.403. The number of fused-ring (bicyclic) bond motifs is 1. The van der Waals surface area contributed by atoms with Gasteiger partial charge in [0.1, 0.15) is 0 Å². The number of carboxylic acid groups (broad SMARTS) is 1. The lowest BCUT2D eigenvalue weighted by molar-refractivity contribution is 0.194. The SMILES string of the molecule is CCc1cc(NC(=O)NCCNC(=O)O)ccc1Cc1c[nH]c2ccccc12. The number of aromatic amines is 1. The monoisotopic (exact) mass is 380 g/mol. The molecule has 1 aromatic heterocycles. The Morgan fingerprint density at radius 3 is 2.57 bits per heavy atom. The van der Waals surface area contributed by atoms with Crippen LogP contribution in [0, 0.1) is 0 Å². The molecule has 28 heavy (non-hydrogen) atoms. The molecule has 7 nitrogen and oxygen atoms in total. The Labute approximate surface area is 163 Å². The lowest BCUT2D eigenvalue weighted by Gasteiger charge is -2.12. The van der Waals surface area contributed by atoms with Gasteiger partial charge in [-0.05, 0) is 47.7 Å². The second-order valence-electron chi connectivity index (χ2n) is 6.49. The van der Waals surface area contributed by atoms with Gasteiger partial charge in [-0.3, -0.25) is 0 Å². The number of hydrogen-bond acceptors (Lipinski definition) is 2. The van der Waals surface area contributed by atoms with E-state index in [4.69, 9.17) is 5.11 Å². The molecule has 0 fully saturated rings. The summed E-state index contributed by atoms with van der Waals surface area (Å²) in [4.78, 5) is 25.6. The molecule has 0 saturated heterocycles. The number of nitrogens with one attached hydrogen (secondary N) is 4. The van der Waals surface area contributed by atoms with E-state index in [2.05, 4.69) is 46.2 Å². The highest BCUT2D eigenvalue weighted by atomic mass is 16.4. The standard InChI is InChI=1S/C21H24N4O3/c1-2-14-12-17(25-20(26)22-9-10-23-21(27)28)8-7-15(14)11-16-13-24-19-6-4-3-5-18(16)19/h3-8,12-13,23-24H,2,9-11H2,1H3,(H,27,28)(H2,22,25,26). The highest BCUT2D eigenvalue weighted by Gasteiger charge is 2.09. The summed E-state index contributed by atoms with van der Waals surface area (Å²) in [6, 6.07) is 13.8. The zero-order valence-electron chi connectivity index (χ0n) is 15.7. The van der Waals surface area contributed by atoms with Crippen molar-refractivity contribution in [3.05, 3.63) is 65.4 Å². The number of hydrogen-bond donors (Lipinski definition) is 5. The van der Waals surface area contributed by atoms with Gasteiger partial charge in [-0.1, -0.05) is 31.2 Å². The number of anilines is 1. The average Bonchev–Trinajstić information content (AvgIpc) is 3.09. The predicted molar refractivity (Wildman–Crippen MR) is 110 cm³/mol. The zero-order valence-corrected chi connectivity index (χ0v) is 15.7. The van der Waals surface area contributed by atoms with E-state index in [0.29, 0.717) is 5.69 Å². The molecule has 3 rings (SSSR count). The number of amides is 3. The van der Waals surface area contributed by atoms with E-state index >= 15 is 0 Å². The Bertz CT molecular complexity index is 981. The minimum absolute atomic E-state index is 0.159. The van der Waals surface area contributed by atoms with Gasteiger partial charge in [-0.25, -0.2) is 9.59 Å². The molecule has 0 radical (unpaired) electrons. The van der Waals surface area contributed by atoms with Gasteiger partial charge < -0.3 is 26.0 Å². The van der Waals surface area contributed by atoms with Gasteiger partial charge in [0.15, 0.2) is 0 Å². The van der Waals surface area contributed by atoms with Crippen molar-refractivity contribution in [1.29, 1.82) is 0 Å². The van der Waals surface area contributed by atoms with Crippen LogP contribution in [-0.4, -0.2) is 35.3 Å². The van der Waals surface area contributed by atoms with E-state index in [9.17, 15) is 9.59 Å². The molecule has 0 unspecified atom stereocenters. The molecule has 3 amide bonds. The lowest BCUT2D eigenvalue weighted by Crippen LogP contribution is -2.36. The zero-order chi connectivity index (χ0) is 19.9. The predicted octanol–water partition coefficient (Wildman–Crippen LogP) is 3.71. The first kappa shape index (κ1) is 19.3. The van der Waals surface area contributed by atoms with Gasteiger partial charge in [-0.15, -0.1) is 0 Å². The van der Waals surface area contributed by atoms with Crippen molar-refractivity contribution < 1.29 is 14.7 Å². The fraction of sp³-hybridized carbons (Fsp3) is 0.238. The second kappa shape index (κ2) is 8.94. The summed E-state index contributed by atoms with van der Waals surface area (Å²) in [6.07, 6.45) is 2.62. The van der Waals surface area contributed by atoms with E-state index in [1.165, 1.54) is 22.1 Å². The third-order valence-electron chi connectivity index (χ3n) is 4.59. The first-order valence-corrected chi connectivity index (χ1v) is 9.25. The maximum absolute atomic E-state index is 11.9. The number of benzene rings is 2. The smallest absolute Gasteiger partial charge is 0.404 e. The fourth-order valence-corrected chi connectivity index (χ4v) is 3.21. The molecule has 7 heteroatoms. The number of aryl methyl sites for hydroxylation is 1. The number of carbonyl (C=O) groups is 2. The molecule has 0 aliphatic carbocycles. The largest absolute Gasteiger partial charge is 0.465 e. The summed E-state index contributed by atoms with van der Waals surface area (Å²) in [5.74, 6) is 0. The van der Waals surface area contributed by atoms with Crippen LogP contribution in [0.5, 0.6) is 0 Å². The average molecular weight is 380 g/mol. The molecule has 0 aliphatic rings. The lowest BCUT2D eigenvalue weighted by atomic mass is 9.97. The van der Waals surface area contributed by atoms with Crippen molar-refractivity contribution in [1.82, 2.24) is 15.6 Å². The summed E-state index contributed by atoms with van der Waals surface area (Å²) >= 11 is 0. The van der Waals surface area contributed by atoms with E-state index in [1.807, 2.05) is 30.3 Å². The summed E-state index contributed by atoms with van der Waals surface area (Å²) < 4.78 is 0. The molecule has 3 aromatic rings. The molecule has 0 saturated carbocycles. The number of aromatic nitrogens is 1. The van der Waals surface area contributed by atoms with Crippen LogP contribution in [0.15, 0.2) is 48.7 Å². The minimum Gasteiger partial charge on any atom is -0.465 e. The number of urea groups is 1. The highest BCUT2D eigenvalue weighted by Crippen LogP contribution is 2.24. The maximum Gasteiger partial charge on any atom is 0.404 e. The van der Waals surface area contributed by atoms with Crippen molar-refractivity contribution in [2.75, 3.05) is 18.4 Å². The maximum atomic E-state index is 11.9. The van der Waals surface area contributed by atoms with Crippen LogP contribution in [0.4, 0.5) is 15.3 Å². The van der Waals surface area contributed by atoms with Crippen LogP contribution in [0.3, 0.4) is 0 Å². The van der Waals surface area contributed by atoms with E-state index in [1.54, 1.807) is 0 Å². The topological polar surface area (TPSA) is 106 Å². The van der Waals surface area contributed by atoms with Crippen molar-refractivity contribution in [2.24, 2.45) is 0 Å². The highest BCUT2D eigenvalue weighted by molar-refractivity contribution is 5.89. The van der Waals surface area contributed by atoms with Gasteiger partial charge >= 0.3 is 12.1 Å².